The normalized spacial score (nSPS) is 11.0. The molecule has 0 aliphatic heterocycles. The third-order valence-corrected chi connectivity index (χ3v) is 3.92. The number of esters is 1. The number of rotatable bonds is 4. The number of ether oxygens (including phenoxy) is 1. The molecule has 2 aromatic rings. The topological polar surface area (TPSA) is 85.4 Å². The number of sulfonamides is 1. The average Bonchev–Trinajstić information content (AvgIpc) is 2.49. The molecule has 0 radical (unpaired) electrons. The van der Waals surface area contributed by atoms with Crippen molar-refractivity contribution in [3.05, 3.63) is 54.1 Å². The number of nitrogens with one attached hydrogen (secondary N) is 1. The second kappa shape index (κ2) is 5.88. The molecule has 0 unspecified atom stereocenters. The van der Waals surface area contributed by atoms with Gasteiger partial charge < -0.3 is 4.74 Å². The molecule has 0 aliphatic rings. The first-order valence-corrected chi connectivity index (χ1v) is 7.23. The summed E-state index contributed by atoms with van der Waals surface area (Å²) in [7, 11) is -2.71. The van der Waals surface area contributed by atoms with Gasteiger partial charge in [-0.15, -0.1) is 0 Å². The number of pyridine rings is 1. The smallest absolute Gasteiger partial charge is 0.337 e. The third-order valence-electron chi connectivity index (χ3n) is 2.55. The highest BCUT2D eigenvalue weighted by molar-refractivity contribution is 7.92. The van der Waals surface area contributed by atoms with Crippen LogP contribution in [0.2, 0.25) is 0 Å². The summed E-state index contributed by atoms with van der Waals surface area (Å²) in [4.78, 5) is 14.6. The van der Waals surface area contributed by atoms with Crippen LogP contribution in [0, 0.1) is 5.95 Å². The van der Waals surface area contributed by atoms with Gasteiger partial charge in [0.05, 0.1) is 29.5 Å². The van der Waals surface area contributed by atoms with Gasteiger partial charge in [-0.25, -0.2) is 18.2 Å². The Bertz CT molecular complexity index is 760. The zero-order valence-electron chi connectivity index (χ0n) is 10.9. The van der Waals surface area contributed by atoms with Crippen molar-refractivity contribution < 1.29 is 22.3 Å². The summed E-state index contributed by atoms with van der Waals surface area (Å²) in [6.45, 7) is 0. The number of aromatic nitrogens is 1. The quantitative estimate of drug-likeness (QED) is 0.687. The van der Waals surface area contributed by atoms with E-state index in [1.165, 1.54) is 37.4 Å². The largest absolute Gasteiger partial charge is 0.465 e. The highest BCUT2D eigenvalue weighted by Crippen LogP contribution is 2.17. The van der Waals surface area contributed by atoms with Crippen LogP contribution in [0.3, 0.4) is 0 Å². The average molecular weight is 310 g/mol. The maximum Gasteiger partial charge on any atom is 0.337 e. The lowest BCUT2D eigenvalue weighted by Crippen LogP contribution is -2.14. The summed E-state index contributed by atoms with van der Waals surface area (Å²) >= 11 is 0. The van der Waals surface area contributed by atoms with E-state index in [-0.39, 0.29) is 16.1 Å². The molecule has 1 aromatic heterocycles. The Labute approximate surface area is 120 Å². The van der Waals surface area contributed by atoms with Crippen LogP contribution in [0.1, 0.15) is 10.4 Å². The lowest BCUT2D eigenvalue weighted by Gasteiger charge is -2.08. The lowest BCUT2D eigenvalue weighted by atomic mass is 10.2. The molecule has 110 valence electrons. The van der Waals surface area contributed by atoms with E-state index in [4.69, 9.17) is 0 Å². The first-order chi connectivity index (χ1) is 9.92. The van der Waals surface area contributed by atoms with E-state index >= 15 is 0 Å². The summed E-state index contributed by atoms with van der Waals surface area (Å²) in [5.74, 6) is -1.36. The molecule has 0 aliphatic carbocycles. The summed E-state index contributed by atoms with van der Waals surface area (Å²) in [5, 5.41) is 0. The highest BCUT2D eigenvalue weighted by atomic mass is 32.2. The number of carbonyl (C=O) groups is 1. The fraction of sp³-hybridized carbons (Fsp3) is 0.0769. The number of carbonyl (C=O) groups excluding carboxylic acids is 1. The van der Waals surface area contributed by atoms with Crippen molar-refractivity contribution in [1.29, 1.82) is 0 Å². The Hall–Kier alpha value is -2.48. The molecule has 0 spiro atoms. The van der Waals surface area contributed by atoms with Gasteiger partial charge in [-0.2, -0.15) is 4.39 Å². The van der Waals surface area contributed by atoms with E-state index in [1.54, 1.807) is 0 Å². The van der Waals surface area contributed by atoms with Crippen molar-refractivity contribution in [2.45, 2.75) is 4.90 Å². The van der Waals surface area contributed by atoms with Gasteiger partial charge in [0, 0.05) is 0 Å². The Morgan fingerprint density at radius 2 is 2.05 bits per heavy atom. The monoisotopic (exact) mass is 310 g/mol. The van der Waals surface area contributed by atoms with Gasteiger partial charge in [0.25, 0.3) is 10.0 Å². The van der Waals surface area contributed by atoms with E-state index < -0.39 is 21.9 Å². The van der Waals surface area contributed by atoms with Gasteiger partial charge >= 0.3 is 5.97 Å². The minimum atomic E-state index is -3.91. The first kappa shape index (κ1) is 14.9. The van der Waals surface area contributed by atoms with Crippen LogP contribution in [-0.2, 0) is 14.8 Å². The Morgan fingerprint density at radius 1 is 1.29 bits per heavy atom. The number of nitrogens with zero attached hydrogens (tertiary/aromatic N) is 1. The molecule has 1 N–H and O–H groups in total. The van der Waals surface area contributed by atoms with Crippen molar-refractivity contribution in [1.82, 2.24) is 4.98 Å². The standard InChI is InChI=1S/C13H11FN2O4S/c1-20-13(17)9-3-2-4-11(7-9)21(18,19)16-10-5-6-12(14)15-8-10/h2-8,16H,1H3. The minimum Gasteiger partial charge on any atom is -0.465 e. The predicted molar refractivity (Wildman–Crippen MR) is 72.8 cm³/mol. The van der Waals surface area contributed by atoms with Crippen molar-refractivity contribution in [2.24, 2.45) is 0 Å². The van der Waals surface area contributed by atoms with Crippen molar-refractivity contribution in [3.63, 3.8) is 0 Å². The Kier molecular flexibility index (Phi) is 4.18. The molecular weight excluding hydrogens is 299 g/mol. The molecule has 1 heterocycles. The van der Waals surface area contributed by atoms with E-state index in [0.717, 1.165) is 12.3 Å². The molecule has 0 saturated carbocycles. The Morgan fingerprint density at radius 3 is 2.67 bits per heavy atom. The van der Waals surface area contributed by atoms with Crippen molar-refractivity contribution in [3.8, 4) is 0 Å². The molecule has 8 heteroatoms. The van der Waals surface area contributed by atoms with Crippen LogP contribution < -0.4 is 4.72 Å². The number of hydrogen-bond acceptors (Lipinski definition) is 5. The summed E-state index contributed by atoms with van der Waals surface area (Å²) in [6.07, 6.45) is 1.05. The molecule has 6 nitrogen and oxygen atoms in total. The van der Waals surface area contributed by atoms with Crippen LogP contribution in [0.5, 0.6) is 0 Å². The van der Waals surface area contributed by atoms with Crippen LogP contribution >= 0.6 is 0 Å². The second-order valence-electron chi connectivity index (χ2n) is 3.99. The zero-order valence-corrected chi connectivity index (χ0v) is 11.7. The maximum absolute atomic E-state index is 12.7. The SMILES string of the molecule is COC(=O)c1cccc(S(=O)(=O)Nc2ccc(F)nc2)c1. The van der Waals surface area contributed by atoms with Crippen LogP contribution in [0.15, 0.2) is 47.5 Å². The van der Waals surface area contributed by atoms with Gasteiger partial charge in [0.2, 0.25) is 5.95 Å². The Balaban J connectivity index is 2.31. The van der Waals surface area contributed by atoms with Crippen LogP contribution in [0.4, 0.5) is 10.1 Å². The fourth-order valence-electron chi connectivity index (χ4n) is 1.56. The molecule has 0 fully saturated rings. The molecule has 0 atom stereocenters. The van der Waals surface area contributed by atoms with E-state index in [1.807, 2.05) is 0 Å². The molecule has 0 amide bonds. The van der Waals surface area contributed by atoms with E-state index in [0.29, 0.717) is 0 Å². The van der Waals surface area contributed by atoms with Gasteiger partial charge in [0.15, 0.2) is 0 Å². The highest BCUT2D eigenvalue weighted by Gasteiger charge is 2.17. The molecule has 0 saturated heterocycles. The molecule has 2 rings (SSSR count). The third kappa shape index (κ3) is 3.54. The lowest BCUT2D eigenvalue weighted by molar-refractivity contribution is 0.0600. The summed E-state index contributed by atoms with van der Waals surface area (Å²) in [6, 6.07) is 7.64. The van der Waals surface area contributed by atoms with Crippen LogP contribution in [0.25, 0.3) is 0 Å². The predicted octanol–water partition coefficient (Wildman–Crippen LogP) is 1.81. The molecular formula is C13H11FN2O4S. The van der Waals surface area contributed by atoms with E-state index in [2.05, 4.69) is 14.4 Å². The van der Waals surface area contributed by atoms with Crippen molar-refractivity contribution in [2.75, 3.05) is 11.8 Å². The molecule has 21 heavy (non-hydrogen) atoms. The molecule has 0 bridgehead atoms. The number of anilines is 1. The second-order valence-corrected chi connectivity index (χ2v) is 5.68. The summed E-state index contributed by atoms with van der Waals surface area (Å²) in [5.41, 5.74) is 0.220. The number of benzene rings is 1. The zero-order chi connectivity index (χ0) is 15.5. The van der Waals surface area contributed by atoms with Crippen LogP contribution in [-0.4, -0.2) is 26.5 Å². The van der Waals surface area contributed by atoms with Gasteiger partial charge in [-0.3, -0.25) is 4.72 Å². The van der Waals surface area contributed by atoms with Gasteiger partial charge in [-0.05, 0) is 30.3 Å². The van der Waals surface area contributed by atoms with Crippen molar-refractivity contribution >= 4 is 21.7 Å². The number of halogens is 1. The molecule has 1 aromatic carbocycles. The van der Waals surface area contributed by atoms with E-state index in [9.17, 15) is 17.6 Å². The number of hydrogen-bond donors (Lipinski definition) is 1. The van der Waals surface area contributed by atoms with Gasteiger partial charge in [0.1, 0.15) is 0 Å². The first-order valence-electron chi connectivity index (χ1n) is 5.75. The van der Waals surface area contributed by atoms with Gasteiger partial charge in [-0.1, -0.05) is 6.07 Å². The fourth-order valence-corrected chi connectivity index (χ4v) is 2.65. The minimum absolute atomic E-state index is 0.109. The number of methoxy groups -OCH3 is 1. The maximum atomic E-state index is 12.7. The summed E-state index contributed by atoms with van der Waals surface area (Å²) < 4.78 is 43.8.